The van der Waals surface area contributed by atoms with Crippen molar-refractivity contribution in [1.82, 2.24) is 0 Å². The fraction of sp³-hybridized carbons (Fsp3) is 0.875. The summed E-state index contributed by atoms with van der Waals surface area (Å²) in [5.41, 5.74) is 2.36. The number of fused-ring (bicyclic) bond motifs is 1. The van der Waals surface area contributed by atoms with E-state index in [-0.39, 0.29) is 0 Å². The van der Waals surface area contributed by atoms with Crippen LogP contribution in [0.25, 0.3) is 0 Å². The molecule has 2 bridgehead atoms. The van der Waals surface area contributed by atoms with E-state index in [1.165, 1.54) is 39.0 Å². The molecule has 0 saturated heterocycles. The third kappa shape index (κ3) is 2.65. The lowest BCUT2D eigenvalue weighted by Crippen LogP contribution is -3.18. The van der Waals surface area contributed by atoms with Gasteiger partial charge in [0.25, 0.3) is 0 Å². The Morgan fingerprint density at radius 2 is 2.00 bits per heavy atom. The van der Waals surface area contributed by atoms with E-state index in [0.717, 1.165) is 11.8 Å². The maximum absolute atomic E-state index is 2.57. The molecule has 104 valence electrons. The summed E-state index contributed by atoms with van der Waals surface area (Å²) in [7, 11) is 4.51. The van der Waals surface area contributed by atoms with Crippen molar-refractivity contribution in [2.24, 2.45) is 17.3 Å². The maximum Gasteiger partial charge on any atom is 0.127 e. The third-order valence-electron chi connectivity index (χ3n) is 5.52. The number of quaternary nitrogens is 2. The van der Waals surface area contributed by atoms with Crippen LogP contribution < -0.4 is 9.80 Å². The van der Waals surface area contributed by atoms with Crippen LogP contribution in [0.2, 0.25) is 0 Å². The van der Waals surface area contributed by atoms with Gasteiger partial charge < -0.3 is 9.80 Å². The molecule has 0 aromatic rings. The van der Waals surface area contributed by atoms with Gasteiger partial charge in [0, 0.05) is 0 Å². The van der Waals surface area contributed by atoms with Gasteiger partial charge in [-0.3, -0.25) is 0 Å². The molecule has 0 aliphatic heterocycles. The average Bonchev–Trinajstić information content (AvgIpc) is 2.34. The van der Waals surface area contributed by atoms with Crippen molar-refractivity contribution >= 4 is 0 Å². The lowest BCUT2D eigenvalue weighted by Gasteiger charge is -2.56. The van der Waals surface area contributed by atoms with E-state index in [1.807, 2.05) is 0 Å². The molecule has 0 spiro atoms. The standard InChI is InChI=1S/C16H30N2/c1-6-18(10-9-17(4)5)12-13-7-8-14-11-15(13)16(14,2)3/h7,14-15H,6,8-12H2,1-5H3/p+2/t14-,15-/m0/s1. The third-order valence-corrected chi connectivity index (χ3v) is 5.52. The van der Waals surface area contributed by atoms with Crippen molar-refractivity contribution in [2.75, 3.05) is 40.3 Å². The van der Waals surface area contributed by atoms with Crippen LogP contribution in [0, 0.1) is 17.3 Å². The van der Waals surface area contributed by atoms with Crippen molar-refractivity contribution in [1.29, 1.82) is 0 Å². The molecule has 1 saturated carbocycles. The first kappa shape index (κ1) is 14.1. The van der Waals surface area contributed by atoms with Crippen LogP contribution in [0.3, 0.4) is 0 Å². The minimum absolute atomic E-state index is 0.593. The zero-order valence-electron chi connectivity index (χ0n) is 13.0. The van der Waals surface area contributed by atoms with Crippen LogP contribution in [0.15, 0.2) is 11.6 Å². The number of likely N-dealkylation sites (N-methyl/N-ethyl adjacent to an activating group) is 2. The van der Waals surface area contributed by atoms with Crippen LogP contribution >= 0.6 is 0 Å². The first-order chi connectivity index (χ1) is 8.45. The summed E-state index contributed by atoms with van der Waals surface area (Å²) >= 11 is 0. The average molecular weight is 252 g/mol. The fourth-order valence-electron chi connectivity index (χ4n) is 3.78. The van der Waals surface area contributed by atoms with Crippen LogP contribution in [0.1, 0.15) is 33.6 Å². The van der Waals surface area contributed by atoms with E-state index >= 15 is 0 Å². The van der Waals surface area contributed by atoms with Crippen molar-refractivity contribution in [3.05, 3.63) is 11.6 Å². The highest BCUT2D eigenvalue weighted by Crippen LogP contribution is 2.58. The number of rotatable bonds is 6. The van der Waals surface area contributed by atoms with E-state index in [0.29, 0.717) is 5.41 Å². The predicted octanol–water partition coefficient (Wildman–Crippen LogP) is 0.0281. The Hall–Kier alpha value is -0.340. The molecule has 0 aromatic heterocycles. The van der Waals surface area contributed by atoms with E-state index in [1.54, 1.807) is 15.4 Å². The lowest BCUT2D eigenvalue weighted by molar-refractivity contribution is -0.937. The Labute approximate surface area is 113 Å². The molecule has 1 unspecified atom stereocenters. The molecular weight excluding hydrogens is 220 g/mol. The second kappa shape index (κ2) is 5.34. The van der Waals surface area contributed by atoms with Crippen LogP contribution in [0.4, 0.5) is 0 Å². The normalized spacial score (nSPS) is 30.9. The number of hydrogen-bond donors (Lipinski definition) is 2. The van der Waals surface area contributed by atoms with Gasteiger partial charge in [-0.2, -0.15) is 0 Å². The highest BCUT2D eigenvalue weighted by molar-refractivity contribution is 5.23. The number of hydrogen-bond acceptors (Lipinski definition) is 0. The molecule has 2 heteroatoms. The molecule has 0 radical (unpaired) electrons. The summed E-state index contributed by atoms with van der Waals surface area (Å²) in [6.45, 7) is 12.5. The molecule has 0 aromatic carbocycles. The topological polar surface area (TPSA) is 8.88 Å². The molecule has 18 heavy (non-hydrogen) atoms. The molecule has 0 amide bonds. The Kier molecular flexibility index (Phi) is 4.18. The quantitative estimate of drug-likeness (QED) is 0.617. The Morgan fingerprint density at radius 3 is 2.50 bits per heavy atom. The highest BCUT2D eigenvalue weighted by Gasteiger charge is 2.51. The summed E-state index contributed by atoms with van der Waals surface area (Å²) < 4.78 is 0. The summed E-state index contributed by atoms with van der Waals surface area (Å²) in [5, 5.41) is 0. The van der Waals surface area contributed by atoms with Crippen molar-refractivity contribution in [2.45, 2.75) is 33.6 Å². The number of allylic oxidation sites excluding steroid dienone is 1. The summed E-state index contributed by atoms with van der Waals surface area (Å²) in [6, 6.07) is 0. The molecule has 3 rings (SSSR count). The SMILES string of the molecule is CC[NH+](CC[NH+](C)C)CC1=CC[C@H]2C[C@@H]1C2(C)C. The Morgan fingerprint density at radius 1 is 1.28 bits per heavy atom. The number of nitrogens with one attached hydrogen (secondary N) is 2. The van der Waals surface area contributed by atoms with Gasteiger partial charge in [0.1, 0.15) is 13.1 Å². The van der Waals surface area contributed by atoms with Crippen LogP contribution in [0.5, 0.6) is 0 Å². The van der Waals surface area contributed by atoms with E-state index in [4.69, 9.17) is 0 Å². The molecule has 2 nitrogen and oxygen atoms in total. The smallest absolute Gasteiger partial charge is 0.127 e. The zero-order chi connectivity index (χ0) is 13.3. The zero-order valence-corrected chi connectivity index (χ0v) is 13.0. The van der Waals surface area contributed by atoms with Gasteiger partial charge >= 0.3 is 0 Å². The van der Waals surface area contributed by atoms with Crippen LogP contribution in [-0.4, -0.2) is 40.3 Å². The second-order valence-corrected chi connectivity index (χ2v) is 7.31. The molecule has 3 aliphatic rings. The fourth-order valence-corrected chi connectivity index (χ4v) is 3.78. The van der Waals surface area contributed by atoms with Gasteiger partial charge in [-0.25, -0.2) is 0 Å². The monoisotopic (exact) mass is 252 g/mol. The molecule has 3 aliphatic carbocycles. The van der Waals surface area contributed by atoms with E-state index in [2.05, 4.69) is 40.9 Å². The van der Waals surface area contributed by atoms with E-state index < -0.39 is 0 Å². The van der Waals surface area contributed by atoms with Crippen molar-refractivity contribution in [3.8, 4) is 0 Å². The maximum atomic E-state index is 2.57. The Balaban J connectivity index is 1.90. The van der Waals surface area contributed by atoms with Gasteiger partial charge in [0.2, 0.25) is 0 Å². The minimum Gasteiger partial charge on any atom is -0.335 e. The van der Waals surface area contributed by atoms with Crippen molar-refractivity contribution in [3.63, 3.8) is 0 Å². The van der Waals surface area contributed by atoms with E-state index in [9.17, 15) is 0 Å². The first-order valence-electron chi connectivity index (χ1n) is 7.76. The van der Waals surface area contributed by atoms with Crippen molar-refractivity contribution < 1.29 is 9.80 Å². The molecule has 3 atom stereocenters. The highest BCUT2D eigenvalue weighted by atomic mass is 15.2. The van der Waals surface area contributed by atoms with Crippen LogP contribution in [-0.2, 0) is 0 Å². The lowest BCUT2D eigenvalue weighted by atomic mass is 9.49. The summed E-state index contributed by atoms with van der Waals surface area (Å²) in [5.74, 6) is 1.87. The Bertz CT molecular complexity index is 317. The summed E-state index contributed by atoms with van der Waals surface area (Å²) in [4.78, 5) is 3.34. The largest absolute Gasteiger partial charge is 0.335 e. The van der Waals surface area contributed by atoms with Gasteiger partial charge in [-0.05, 0) is 42.6 Å². The second-order valence-electron chi connectivity index (χ2n) is 7.31. The van der Waals surface area contributed by atoms with Gasteiger partial charge in [-0.1, -0.05) is 19.9 Å². The van der Waals surface area contributed by atoms with Gasteiger partial charge in [0.05, 0.1) is 27.2 Å². The van der Waals surface area contributed by atoms with Gasteiger partial charge in [0.15, 0.2) is 0 Å². The summed E-state index contributed by atoms with van der Waals surface area (Å²) in [6.07, 6.45) is 5.38. The van der Waals surface area contributed by atoms with Gasteiger partial charge in [-0.15, -0.1) is 0 Å². The minimum atomic E-state index is 0.593. The molecule has 1 fully saturated rings. The predicted molar refractivity (Wildman–Crippen MR) is 77.0 cm³/mol. The molecular formula is C16H32N2+2. The molecule has 2 N–H and O–H groups in total. The first-order valence-corrected chi connectivity index (χ1v) is 7.76. The molecule has 0 heterocycles.